The van der Waals surface area contributed by atoms with E-state index in [2.05, 4.69) is 43.4 Å². The summed E-state index contributed by atoms with van der Waals surface area (Å²) in [7, 11) is 0. The van der Waals surface area contributed by atoms with Gasteiger partial charge in [-0.05, 0) is 24.5 Å². The lowest BCUT2D eigenvalue weighted by atomic mass is 10.1. The topological polar surface area (TPSA) is 9.23 Å². The molecule has 0 spiro atoms. The number of ether oxygens (including phenoxy) is 1. The van der Waals surface area contributed by atoms with E-state index in [1.807, 2.05) is 6.07 Å². The highest BCUT2D eigenvalue weighted by Crippen LogP contribution is 2.29. The molecule has 84 valence electrons. The first-order valence-corrected chi connectivity index (χ1v) is 6.00. The lowest BCUT2D eigenvalue weighted by Gasteiger charge is -2.10. The summed E-state index contributed by atoms with van der Waals surface area (Å²) < 4.78 is 5.82. The highest BCUT2D eigenvalue weighted by molar-refractivity contribution is 5.79. The zero-order valence-electron chi connectivity index (χ0n) is 9.78. The average Bonchev–Trinajstić information content (AvgIpc) is 2.83. The van der Waals surface area contributed by atoms with Gasteiger partial charge in [-0.25, -0.2) is 0 Å². The van der Waals surface area contributed by atoms with Crippen molar-refractivity contribution < 1.29 is 4.74 Å². The van der Waals surface area contributed by atoms with Crippen LogP contribution in [0.2, 0.25) is 0 Å². The van der Waals surface area contributed by atoms with Crippen LogP contribution in [0.15, 0.2) is 42.5 Å². The fraction of sp³-hybridized carbons (Fsp3) is 0.333. The lowest BCUT2D eigenvalue weighted by molar-refractivity contribution is 0.308. The van der Waals surface area contributed by atoms with Crippen LogP contribution in [0.4, 0.5) is 0 Å². The fourth-order valence-electron chi connectivity index (χ4n) is 1.82. The molecule has 1 aromatic rings. The van der Waals surface area contributed by atoms with Gasteiger partial charge in [0.2, 0.25) is 0 Å². The quantitative estimate of drug-likeness (QED) is 0.667. The molecular formula is C15H18O. The Morgan fingerprint density at radius 2 is 2.12 bits per heavy atom. The van der Waals surface area contributed by atoms with Crippen molar-refractivity contribution in [2.45, 2.75) is 26.2 Å². The van der Waals surface area contributed by atoms with Crippen LogP contribution in [-0.4, -0.2) is 6.61 Å². The van der Waals surface area contributed by atoms with Gasteiger partial charge < -0.3 is 4.74 Å². The van der Waals surface area contributed by atoms with Gasteiger partial charge in [-0.2, -0.15) is 0 Å². The van der Waals surface area contributed by atoms with Gasteiger partial charge in [-0.15, -0.1) is 0 Å². The fourth-order valence-corrected chi connectivity index (χ4v) is 1.82. The number of allylic oxidation sites excluding steroid dienone is 4. The van der Waals surface area contributed by atoms with Crippen LogP contribution in [0.25, 0.3) is 5.57 Å². The Morgan fingerprint density at radius 3 is 2.88 bits per heavy atom. The van der Waals surface area contributed by atoms with E-state index in [-0.39, 0.29) is 0 Å². The minimum absolute atomic E-state index is 0.810. The van der Waals surface area contributed by atoms with Gasteiger partial charge >= 0.3 is 0 Å². The van der Waals surface area contributed by atoms with Crippen molar-refractivity contribution >= 4 is 5.57 Å². The third kappa shape index (κ3) is 2.54. The Balaban J connectivity index is 2.14. The lowest BCUT2D eigenvalue weighted by Crippen LogP contribution is -1.98. The first-order chi connectivity index (χ1) is 7.92. The SMILES string of the molecule is CCCCOc1ccccc1C1=CCC=C1. The summed E-state index contributed by atoms with van der Waals surface area (Å²) >= 11 is 0. The van der Waals surface area contributed by atoms with E-state index in [1.54, 1.807) is 0 Å². The van der Waals surface area contributed by atoms with Crippen LogP contribution in [0.5, 0.6) is 5.75 Å². The van der Waals surface area contributed by atoms with Crippen molar-refractivity contribution in [1.29, 1.82) is 0 Å². The van der Waals surface area contributed by atoms with E-state index in [0.717, 1.165) is 25.2 Å². The van der Waals surface area contributed by atoms with E-state index in [9.17, 15) is 0 Å². The molecule has 16 heavy (non-hydrogen) atoms. The Labute approximate surface area is 97.4 Å². The maximum atomic E-state index is 5.82. The summed E-state index contributed by atoms with van der Waals surface area (Å²) in [5.74, 6) is 1.01. The van der Waals surface area contributed by atoms with Gasteiger partial charge in [0.1, 0.15) is 5.75 Å². The molecular weight excluding hydrogens is 196 g/mol. The third-order valence-corrected chi connectivity index (χ3v) is 2.72. The molecule has 1 aromatic carbocycles. The smallest absolute Gasteiger partial charge is 0.127 e. The molecule has 0 bridgehead atoms. The Morgan fingerprint density at radius 1 is 1.25 bits per heavy atom. The highest BCUT2D eigenvalue weighted by Gasteiger charge is 2.07. The van der Waals surface area contributed by atoms with E-state index >= 15 is 0 Å². The number of hydrogen-bond donors (Lipinski definition) is 0. The average molecular weight is 214 g/mol. The van der Waals surface area contributed by atoms with Gasteiger partial charge in [-0.3, -0.25) is 0 Å². The summed E-state index contributed by atoms with van der Waals surface area (Å²) in [4.78, 5) is 0. The Bertz CT molecular complexity index is 402. The molecule has 0 aliphatic heterocycles. The molecule has 0 amide bonds. The molecule has 0 fully saturated rings. The molecule has 0 saturated carbocycles. The minimum atomic E-state index is 0.810. The molecule has 0 radical (unpaired) electrons. The van der Waals surface area contributed by atoms with Gasteiger partial charge in [0.15, 0.2) is 0 Å². The summed E-state index contributed by atoms with van der Waals surface area (Å²) in [6.07, 6.45) is 9.91. The van der Waals surface area contributed by atoms with Gasteiger partial charge in [0.05, 0.1) is 6.61 Å². The number of hydrogen-bond acceptors (Lipinski definition) is 1. The van der Waals surface area contributed by atoms with Gasteiger partial charge in [0, 0.05) is 5.56 Å². The first-order valence-electron chi connectivity index (χ1n) is 6.00. The molecule has 0 saturated heterocycles. The van der Waals surface area contributed by atoms with Crippen LogP contribution in [0.3, 0.4) is 0 Å². The van der Waals surface area contributed by atoms with Crippen molar-refractivity contribution in [3.05, 3.63) is 48.1 Å². The second-order valence-corrected chi connectivity index (χ2v) is 4.00. The standard InChI is InChI=1S/C15H18O/c1-2-3-12-16-15-11-7-6-10-14(15)13-8-4-5-9-13/h4,6-11H,2-3,5,12H2,1H3. The molecule has 0 aromatic heterocycles. The number of para-hydroxylation sites is 1. The molecule has 1 aliphatic rings. The molecule has 2 rings (SSSR count). The summed E-state index contributed by atoms with van der Waals surface area (Å²) in [6, 6.07) is 8.28. The van der Waals surface area contributed by atoms with Crippen molar-refractivity contribution in [2.75, 3.05) is 6.61 Å². The maximum absolute atomic E-state index is 5.82. The largest absolute Gasteiger partial charge is 0.493 e. The van der Waals surface area contributed by atoms with Crippen molar-refractivity contribution in [2.24, 2.45) is 0 Å². The van der Waals surface area contributed by atoms with E-state index < -0.39 is 0 Å². The summed E-state index contributed by atoms with van der Waals surface area (Å²) in [6.45, 7) is 2.99. The number of unbranched alkanes of at least 4 members (excludes halogenated alkanes) is 1. The number of benzene rings is 1. The first kappa shape index (κ1) is 11.0. The molecule has 1 nitrogen and oxygen atoms in total. The van der Waals surface area contributed by atoms with E-state index in [4.69, 9.17) is 4.74 Å². The molecule has 0 atom stereocenters. The zero-order valence-corrected chi connectivity index (χ0v) is 9.78. The van der Waals surface area contributed by atoms with Crippen molar-refractivity contribution in [3.8, 4) is 5.75 Å². The van der Waals surface area contributed by atoms with Crippen LogP contribution >= 0.6 is 0 Å². The maximum Gasteiger partial charge on any atom is 0.127 e. The molecule has 0 unspecified atom stereocenters. The van der Waals surface area contributed by atoms with Crippen LogP contribution in [-0.2, 0) is 0 Å². The molecule has 0 N–H and O–H groups in total. The van der Waals surface area contributed by atoms with Crippen LogP contribution in [0.1, 0.15) is 31.7 Å². The summed E-state index contributed by atoms with van der Waals surface area (Å²) in [5.41, 5.74) is 2.50. The normalized spacial score (nSPS) is 13.9. The zero-order chi connectivity index (χ0) is 11.2. The minimum Gasteiger partial charge on any atom is -0.493 e. The van der Waals surface area contributed by atoms with Gasteiger partial charge in [0.25, 0.3) is 0 Å². The second-order valence-electron chi connectivity index (χ2n) is 4.00. The molecule has 1 heteroatoms. The Kier molecular flexibility index (Phi) is 3.81. The molecule has 0 heterocycles. The number of rotatable bonds is 5. The van der Waals surface area contributed by atoms with E-state index in [0.29, 0.717) is 0 Å². The molecule has 1 aliphatic carbocycles. The predicted molar refractivity (Wildman–Crippen MR) is 68.6 cm³/mol. The predicted octanol–water partition coefficient (Wildman–Crippen LogP) is 4.21. The van der Waals surface area contributed by atoms with Crippen LogP contribution < -0.4 is 4.74 Å². The van der Waals surface area contributed by atoms with Gasteiger partial charge in [-0.1, -0.05) is 49.8 Å². The Hall–Kier alpha value is -1.50. The highest BCUT2D eigenvalue weighted by atomic mass is 16.5. The monoisotopic (exact) mass is 214 g/mol. The summed E-state index contributed by atoms with van der Waals surface area (Å²) in [5, 5.41) is 0. The van der Waals surface area contributed by atoms with Crippen molar-refractivity contribution in [3.63, 3.8) is 0 Å². The second kappa shape index (κ2) is 5.55. The third-order valence-electron chi connectivity index (χ3n) is 2.72. The van der Waals surface area contributed by atoms with Crippen LogP contribution in [0, 0.1) is 0 Å². The van der Waals surface area contributed by atoms with Crippen molar-refractivity contribution in [1.82, 2.24) is 0 Å². The van der Waals surface area contributed by atoms with E-state index in [1.165, 1.54) is 17.6 Å².